The summed E-state index contributed by atoms with van der Waals surface area (Å²) in [5.41, 5.74) is 2.37. The quantitative estimate of drug-likeness (QED) is 0.683. The van der Waals surface area contributed by atoms with Gasteiger partial charge in [-0.2, -0.15) is 0 Å². The Labute approximate surface area is 154 Å². The Balaban J connectivity index is 1.93. The van der Waals surface area contributed by atoms with E-state index in [1.54, 1.807) is 25.3 Å². The summed E-state index contributed by atoms with van der Waals surface area (Å²) in [6.07, 6.45) is 2.33. The monoisotopic (exact) mass is 355 g/mol. The Kier molecular flexibility index (Phi) is 7.21. The average molecular weight is 355 g/mol. The van der Waals surface area contributed by atoms with Crippen molar-refractivity contribution in [1.82, 2.24) is 0 Å². The minimum absolute atomic E-state index is 0.0409. The zero-order valence-corrected chi connectivity index (χ0v) is 15.5. The van der Waals surface area contributed by atoms with E-state index in [0.717, 1.165) is 12.8 Å². The van der Waals surface area contributed by atoms with Crippen molar-refractivity contribution < 1.29 is 19.1 Å². The number of ether oxygens (including phenoxy) is 2. The van der Waals surface area contributed by atoms with Crippen LogP contribution in [0.4, 0.5) is 5.69 Å². The number of benzene rings is 2. The smallest absolute Gasteiger partial charge is 0.224 e. The molecule has 0 aliphatic rings. The van der Waals surface area contributed by atoms with Gasteiger partial charge in [-0.1, -0.05) is 37.6 Å². The van der Waals surface area contributed by atoms with Gasteiger partial charge in [-0.05, 0) is 24.1 Å². The van der Waals surface area contributed by atoms with Crippen molar-refractivity contribution in [2.45, 2.75) is 32.6 Å². The number of aryl methyl sites for hydroxylation is 1. The van der Waals surface area contributed by atoms with Gasteiger partial charge < -0.3 is 14.8 Å². The van der Waals surface area contributed by atoms with Crippen molar-refractivity contribution in [3.63, 3.8) is 0 Å². The Bertz CT molecular complexity index is 753. The molecule has 26 heavy (non-hydrogen) atoms. The van der Waals surface area contributed by atoms with Crippen LogP contribution < -0.4 is 14.8 Å². The first-order valence-corrected chi connectivity index (χ1v) is 8.71. The molecule has 0 radical (unpaired) electrons. The third-order valence-corrected chi connectivity index (χ3v) is 4.07. The topological polar surface area (TPSA) is 64.6 Å². The first-order chi connectivity index (χ1) is 12.6. The van der Waals surface area contributed by atoms with Crippen LogP contribution in [0.15, 0.2) is 42.5 Å². The zero-order chi connectivity index (χ0) is 18.9. The molecule has 138 valence electrons. The fourth-order valence-electron chi connectivity index (χ4n) is 2.64. The van der Waals surface area contributed by atoms with E-state index in [9.17, 15) is 9.59 Å². The summed E-state index contributed by atoms with van der Waals surface area (Å²) < 4.78 is 10.4. The number of carbonyl (C=O) groups is 2. The van der Waals surface area contributed by atoms with E-state index in [-0.39, 0.29) is 24.5 Å². The maximum absolute atomic E-state index is 12.3. The molecule has 0 spiro atoms. The molecule has 0 saturated heterocycles. The first-order valence-electron chi connectivity index (χ1n) is 8.71. The van der Waals surface area contributed by atoms with Gasteiger partial charge in [-0.25, -0.2) is 0 Å². The van der Waals surface area contributed by atoms with Gasteiger partial charge in [-0.3, -0.25) is 9.59 Å². The Morgan fingerprint density at radius 1 is 0.962 bits per heavy atom. The van der Waals surface area contributed by atoms with Crippen molar-refractivity contribution in [3.8, 4) is 11.5 Å². The van der Waals surface area contributed by atoms with Crippen LogP contribution in [0.3, 0.4) is 0 Å². The third kappa shape index (κ3) is 5.34. The summed E-state index contributed by atoms with van der Waals surface area (Å²) in [5, 5.41) is 2.77. The maximum Gasteiger partial charge on any atom is 0.224 e. The van der Waals surface area contributed by atoms with Crippen molar-refractivity contribution in [3.05, 3.63) is 53.6 Å². The van der Waals surface area contributed by atoms with Gasteiger partial charge in [0.15, 0.2) is 5.78 Å². The van der Waals surface area contributed by atoms with Gasteiger partial charge in [0.25, 0.3) is 0 Å². The summed E-state index contributed by atoms with van der Waals surface area (Å²) in [6, 6.07) is 12.8. The lowest BCUT2D eigenvalue weighted by atomic mass is 10.0. The van der Waals surface area contributed by atoms with Crippen molar-refractivity contribution in [2.75, 3.05) is 19.5 Å². The molecular formula is C21H25NO4. The maximum atomic E-state index is 12.3. The number of rotatable bonds is 9. The summed E-state index contributed by atoms with van der Waals surface area (Å²) in [7, 11) is 3.08. The molecule has 5 heteroatoms. The predicted molar refractivity (Wildman–Crippen MR) is 102 cm³/mol. The normalized spacial score (nSPS) is 10.3. The second kappa shape index (κ2) is 9.61. The second-order valence-electron chi connectivity index (χ2n) is 5.98. The fourth-order valence-corrected chi connectivity index (χ4v) is 2.64. The number of methoxy groups -OCH3 is 2. The second-order valence-corrected chi connectivity index (χ2v) is 5.98. The van der Waals surface area contributed by atoms with Crippen LogP contribution in [0, 0.1) is 0 Å². The molecule has 2 rings (SSSR count). The number of ketones is 1. The van der Waals surface area contributed by atoms with Crippen molar-refractivity contribution >= 4 is 17.4 Å². The number of anilines is 1. The first kappa shape index (κ1) is 19.5. The molecule has 0 aliphatic carbocycles. The van der Waals surface area contributed by atoms with Crippen LogP contribution in [0.25, 0.3) is 0 Å². The highest BCUT2D eigenvalue weighted by molar-refractivity contribution is 6.00. The number of Topliss-reactive ketones (excluding diaryl/α,β-unsaturated/α-hetero) is 1. The van der Waals surface area contributed by atoms with Crippen LogP contribution in [-0.4, -0.2) is 25.9 Å². The minimum atomic E-state index is -0.243. The molecule has 0 aliphatic heterocycles. The summed E-state index contributed by atoms with van der Waals surface area (Å²) in [4.78, 5) is 24.5. The Morgan fingerprint density at radius 2 is 1.69 bits per heavy atom. The molecular weight excluding hydrogens is 330 g/mol. The van der Waals surface area contributed by atoms with Crippen LogP contribution in [0.2, 0.25) is 0 Å². The molecule has 0 bridgehead atoms. The van der Waals surface area contributed by atoms with Crippen LogP contribution in [0.5, 0.6) is 11.5 Å². The number of nitrogens with one attached hydrogen (secondary N) is 1. The zero-order valence-electron chi connectivity index (χ0n) is 15.5. The molecule has 0 heterocycles. The van der Waals surface area contributed by atoms with Gasteiger partial charge in [-0.15, -0.1) is 0 Å². The van der Waals surface area contributed by atoms with Gasteiger partial charge in [0.2, 0.25) is 5.91 Å². The van der Waals surface area contributed by atoms with Crippen molar-refractivity contribution in [1.29, 1.82) is 0 Å². The standard InChI is InChI=1S/C21H25NO4/c1-4-5-15-6-8-16(9-7-15)19(23)11-13-21(24)22-18-14-17(25-2)10-12-20(18)26-3/h6-10,12,14H,4-5,11,13H2,1-3H3,(H,22,24). The molecule has 2 aromatic carbocycles. The predicted octanol–water partition coefficient (Wildman–Crippen LogP) is 4.26. The molecule has 5 nitrogen and oxygen atoms in total. The Morgan fingerprint density at radius 3 is 2.31 bits per heavy atom. The van der Waals surface area contributed by atoms with E-state index in [1.807, 2.05) is 24.3 Å². The minimum Gasteiger partial charge on any atom is -0.497 e. The summed E-state index contributed by atoms with van der Waals surface area (Å²) >= 11 is 0. The van der Waals surface area contributed by atoms with E-state index in [4.69, 9.17) is 9.47 Å². The molecule has 0 atom stereocenters. The molecule has 0 saturated carbocycles. The highest BCUT2D eigenvalue weighted by Gasteiger charge is 2.12. The van der Waals surface area contributed by atoms with E-state index in [2.05, 4.69) is 12.2 Å². The van der Waals surface area contributed by atoms with E-state index in [0.29, 0.717) is 22.7 Å². The van der Waals surface area contributed by atoms with Crippen molar-refractivity contribution in [2.24, 2.45) is 0 Å². The highest BCUT2D eigenvalue weighted by atomic mass is 16.5. The summed E-state index contributed by atoms with van der Waals surface area (Å²) in [5.74, 6) is 0.870. The molecule has 0 aromatic heterocycles. The molecule has 2 aromatic rings. The lowest BCUT2D eigenvalue weighted by molar-refractivity contribution is -0.116. The molecule has 1 amide bonds. The third-order valence-electron chi connectivity index (χ3n) is 4.07. The number of hydrogen-bond acceptors (Lipinski definition) is 4. The summed E-state index contributed by atoms with van der Waals surface area (Å²) in [6.45, 7) is 2.12. The van der Waals surface area contributed by atoms with E-state index < -0.39 is 0 Å². The molecule has 0 fully saturated rings. The van der Waals surface area contributed by atoms with Gasteiger partial charge in [0, 0.05) is 24.5 Å². The SMILES string of the molecule is CCCc1ccc(C(=O)CCC(=O)Nc2cc(OC)ccc2OC)cc1. The lowest BCUT2D eigenvalue weighted by Gasteiger charge is -2.11. The van der Waals surface area contributed by atoms with E-state index in [1.165, 1.54) is 12.7 Å². The van der Waals surface area contributed by atoms with Gasteiger partial charge in [0.05, 0.1) is 19.9 Å². The van der Waals surface area contributed by atoms with Crippen LogP contribution in [0.1, 0.15) is 42.1 Å². The number of carbonyl (C=O) groups excluding carboxylic acids is 2. The van der Waals surface area contributed by atoms with Gasteiger partial charge >= 0.3 is 0 Å². The number of amides is 1. The Hall–Kier alpha value is -2.82. The lowest BCUT2D eigenvalue weighted by Crippen LogP contribution is -2.14. The van der Waals surface area contributed by atoms with Gasteiger partial charge in [0.1, 0.15) is 11.5 Å². The fraction of sp³-hybridized carbons (Fsp3) is 0.333. The number of hydrogen-bond donors (Lipinski definition) is 1. The molecule has 0 unspecified atom stereocenters. The molecule has 1 N–H and O–H groups in total. The average Bonchev–Trinajstić information content (AvgIpc) is 2.67. The van der Waals surface area contributed by atoms with E-state index >= 15 is 0 Å². The van der Waals surface area contributed by atoms with Crippen LogP contribution in [-0.2, 0) is 11.2 Å². The largest absolute Gasteiger partial charge is 0.497 e. The highest BCUT2D eigenvalue weighted by Crippen LogP contribution is 2.29. The van der Waals surface area contributed by atoms with Crippen LogP contribution >= 0.6 is 0 Å².